The van der Waals surface area contributed by atoms with Gasteiger partial charge in [-0.15, -0.1) is 0 Å². The quantitative estimate of drug-likeness (QED) is 0.749. The van der Waals surface area contributed by atoms with Crippen molar-refractivity contribution in [2.75, 3.05) is 12.9 Å². The normalized spacial score (nSPS) is 17.9. The molecule has 134 valence electrons. The van der Waals surface area contributed by atoms with Gasteiger partial charge in [0, 0.05) is 0 Å². The topological polar surface area (TPSA) is 86.7 Å². The summed E-state index contributed by atoms with van der Waals surface area (Å²) in [5, 5.41) is 0. The monoisotopic (exact) mass is 386 g/mol. The van der Waals surface area contributed by atoms with Crippen molar-refractivity contribution in [3.63, 3.8) is 0 Å². The van der Waals surface area contributed by atoms with Crippen molar-refractivity contribution >= 4 is 20.0 Å². The Bertz CT molecular complexity index is 1010. The molecule has 2 aromatic carbocycles. The molecule has 0 spiro atoms. The molecule has 0 amide bonds. The van der Waals surface area contributed by atoms with Gasteiger partial charge in [-0.05, 0) is 41.5 Å². The number of halogens is 1. The van der Waals surface area contributed by atoms with Crippen molar-refractivity contribution in [2.45, 2.75) is 22.5 Å². The fourth-order valence-electron chi connectivity index (χ4n) is 2.61. The molecule has 25 heavy (non-hydrogen) atoms. The third-order valence-electron chi connectivity index (χ3n) is 3.70. The Labute approximate surface area is 145 Å². The Morgan fingerprint density at radius 2 is 1.80 bits per heavy atom. The Hall–Kier alpha value is -1.81. The van der Waals surface area contributed by atoms with Gasteiger partial charge in [-0.2, -0.15) is 8.42 Å². The number of hydrogen-bond acceptors (Lipinski definition) is 6. The van der Waals surface area contributed by atoms with Crippen LogP contribution in [0.5, 0.6) is 0 Å². The third kappa shape index (κ3) is 3.90. The molecule has 9 heteroatoms. The lowest BCUT2D eigenvalue weighted by Gasteiger charge is -2.25. The van der Waals surface area contributed by atoms with Gasteiger partial charge in [-0.25, -0.2) is 12.8 Å². The average Bonchev–Trinajstić information content (AvgIpc) is 2.53. The van der Waals surface area contributed by atoms with Crippen LogP contribution in [-0.4, -0.2) is 29.7 Å². The second kappa shape index (κ2) is 6.49. The molecule has 1 heterocycles. The first kappa shape index (κ1) is 18.0. The molecule has 6 nitrogen and oxygen atoms in total. The van der Waals surface area contributed by atoms with Gasteiger partial charge in [-0.3, -0.25) is 4.18 Å². The number of benzene rings is 2. The molecular weight excluding hydrogens is 371 g/mol. The highest BCUT2D eigenvalue weighted by Crippen LogP contribution is 2.32. The van der Waals surface area contributed by atoms with E-state index in [1.165, 1.54) is 30.3 Å². The van der Waals surface area contributed by atoms with E-state index in [4.69, 9.17) is 8.92 Å². The third-order valence-corrected chi connectivity index (χ3v) is 6.03. The smallest absolute Gasteiger partial charge is 0.265 e. The highest BCUT2D eigenvalue weighted by molar-refractivity contribution is 7.91. The van der Waals surface area contributed by atoms with Crippen molar-refractivity contribution < 1.29 is 30.1 Å². The molecule has 1 atom stereocenters. The number of fused-ring (bicyclic) bond motifs is 1. The molecule has 0 N–H and O–H groups in total. The molecule has 1 unspecified atom stereocenters. The van der Waals surface area contributed by atoms with Crippen LogP contribution in [0.1, 0.15) is 17.2 Å². The number of ether oxygens (including phenoxy) is 1. The van der Waals surface area contributed by atoms with Crippen molar-refractivity contribution in [1.29, 1.82) is 0 Å². The minimum atomic E-state index is -3.90. The minimum Gasteiger partial charge on any atom is -0.374 e. The lowest BCUT2D eigenvalue weighted by atomic mass is 10.0. The van der Waals surface area contributed by atoms with Gasteiger partial charge in [0.05, 0.1) is 29.3 Å². The fraction of sp³-hybridized carbons (Fsp3) is 0.250. The molecule has 2 aromatic rings. The summed E-state index contributed by atoms with van der Waals surface area (Å²) in [4.78, 5) is -0.187. The van der Waals surface area contributed by atoms with Crippen LogP contribution in [0.25, 0.3) is 0 Å². The SMILES string of the molecule is CS(=O)(=O)OC1COCc2cc(S(=O)(=O)c3cccc(F)c3)ccc21. The van der Waals surface area contributed by atoms with Crippen LogP contribution in [0.4, 0.5) is 4.39 Å². The Morgan fingerprint density at radius 1 is 1.08 bits per heavy atom. The summed E-state index contributed by atoms with van der Waals surface area (Å²) in [5.74, 6) is -0.649. The van der Waals surface area contributed by atoms with E-state index >= 15 is 0 Å². The average molecular weight is 386 g/mol. The Morgan fingerprint density at radius 3 is 2.48 bits per heavy atom. The predicted molar refractivity (Wildman–Crippen MR) is 86.6 cm³/mol. The molecule has 0 aliphatic carbocycles. The molecule has 0 radical (unpaired) electrons. The number of sulfone groups is 1. The summed E-state index contributed by atoms with van der Waals surface area (Å²) in [5.41, 5.74) is 1.06. The summed E-state index contributed by atoms with van der Waals surface area (Å²) in [6.07, 6.45) is 0.106. The van der Waals surface area contributed by atoms with E-state index in [1.54, 1.807) is 0 Å². The van der Waals surface area contributed by atoms with Crippen molar-refractivity contribution in [3.8, 4) is 0 Å². The Balaban J connectivity index is 2.01. The molecular formula is C16H15FO6S2. The van der Waals surface area contributed by atoms with Gasteiger partial charge in [-0.1, -0.05) is 12.1 Å². The number of rotatable bonds is 4. The van der Waals surface area contributed by atoms with Gasteiger partial charge in [0.1, 0.15) is 11.9 Å². The van der Waals surface area contributed by atoms with Crippen LogP contribution in [0.2, 0.25) is 0 Å². The van der Waals surface area contributed by atoms with E-state index in [0.717, 1.165) is 18.4 Å². The number of hydrogen-bond donors (Lipinski definition) is 0. The standard InChI is InChI=1S/C16H15FO6S2/c1-24(18,19)23-16-10-22-9-11-7-14(5-6-15(11)16)25(20,21)13-4-2-3-12(17)8-13/h2-8,16H,9-10H2,1H3. The zero-order chi connectivity index (χ0) is 18.2. The van der Waals surface area contributed by atoms with E-state index in [1.807, 2.05) is 0 Å². The summed E-state index contributed by atoms with van der Waals surface area (Å²) in [7, 11) is -7.59. The first-order valence-corrected chi connectivity index (χ1v) is 10.6. The van der Waals surface area contributed by atoms with Crippen molar-refractivity contribution in [1.82, 2.24) is 0 Å². The fourth-order valence-corrected chi connectivity index (χ4v) is 4.54. The molecule has 0 saturated carbocycles. The maximum Gasteiger partial charge on any atom is 0.265 e. The first-order valence-electron chi connectivity index (χ1n) is 7.26. The van der Waals surface area contributed by atoms with Crippen LogP contribution in [0.15, 0.2) is 52.3 Å². The molecule has 0 saturated heterocycles. The van der Waals surface area contributed by atoms with E-state index in [9.17, 15) is 21.2 Å². The Kier molecular flexibility index (Phi) is 4.67. The molecule has 1 aliphatic rings. The van der Waals surface area contributed by atoms with Gasteiger partial charge in [0.15, 0.2) is 0 Å². The second-order valence-corrected chi connectivity index (χ2v) is 9.18. The maximum absolute atomic E-state index is 13.3. The molecule has 3 rings (SSSR count). The molecule has 1 aliphatic heterocycles. The zero-order valence-electron chi connectivity index (χ0n) is 13.2. The van der Waals surface area contributed by atoms with Crippen molar-refractivity contribution in [2.24, 2.45) is 0 Å². The second-order valence-electron chi connectivity index (χ2n) is 5.63. The van der Waals surface area contributed by atoms with Crippen LogP contribution in [-0.2, 0) is 35.5 Å². The summed E-state index contributed by atoms with van der Waals surface area (Å²) in [6, 6.07) is 8.98. The molecule has 0 aromatic heterocycles. The summed E-state index contributed by atoms with van der Waals surface area (Å²) in [6.45, 7) is 0.182. The van der Waals surface area contributed by atoms with Crippen LogP contribution >= 0.6 is 0 Å². The van der Waals surface area contributed by atoms with Gasteiger partial charge in [0.25, 0.3) is 10.1 Å². The highest BCUT2D eigenvalue weighted by Gasteiger charge is 2.27. The maximum atomic E-state index is 13.3. The largest absolute Gasteiger partial charge is 0.374 e. The zero-order valence-corrected chi connectivity index (χ0v) is 14.8. The molecule has 0 bridgehead atoms. The van der Waals surface area contributed by atoms with E-state index < -0.39 is 31.9 Å². The van der Waals surface area contributed by atoms with Crippen LogP contribution in [0, 0.1) is 5.82 Å². The van der Waals surface area contributed by atoms with Crippen LogP contribution < -0.4 is 0 Å². The van der Waals surface area contributed by atoms with Crippen LogP contribution in [0.3, 0.4) is 0 Å². The lowest BCUT2D eigenvalue weighted by Crippen LogP contribution is -2.22. The van der Waals surface area contributed by atoms with Gasteiger partial charge in [0.2, 0.25) is 9.84 Å². The highest BCUT2D eigenvalue weighted by atomic mass is 32.2. The van der Waals surface area contributed by atoms with Gasteiger partial charge < -0.3 is 4.74 Å². The van der Waals surface area contributed by atoms with E-state index in [2.05, 4.69) is 0 Å². The summed E-state index contributed by atoms with van der Waals surface area (Å²) < 4.78 is 71.6. The predicted octanol–water partition coefficient (Wildman–Crippen LogP) is 2.21. The minimum absolute atomic E-state index is 0.0274. The van der Waals surface area contributed by atoms with Gasteiger partial charge >= 0.3 is 0 Å². The molecule has 0 fully saturated rings. The first-order chi connectivity index (χ1) is 11.7. The van der Waals surface area contributed by atoms with E-state index in [0.29, 0.717) is 11.1 Å². The van der Waals surface area contributed by atoms with Crippen molar-refractivity contribution in [3.05, 3.63) is 59.4 Å². The van der Waals surface area contributed by atoms with E-state index in [-0.39, 0.29) is 23.0 Å². The lowest BCUT2D eigenvalue weighted by molar-refractivity contribution is 0.0257. The summed E-state index contributed by atoms with van der Waals surface area (Å²) >= 11 is 0.